The maximum atomic E-state index is 12.8. The Morgan fingerprint density at radius 1 is 1.09 bits per heavy atom. The van der Waals surface area contributed by atoms with Gasteiger partial charge in [-0.25, -0.2) is 0 Å². The van der Waals surface area contributed by atoms with Gasteiger partial charge in [-0.1, -0.05) is 24.8 Å². The van der Waals surface area contributed by atoms with Gasteiger partial charge in [-0.05, 0) is 50.6 Å². The number of piperazine rings is 1. The van der Waals surface area contributed by atoms with Crippen molar-refractivity contribution in [3.8, 4) is 0 Å². The highest BCUT2D eigenvalue weighted by Gasteiger charge is 2.34. The van der Waals surface area contributed by atoms with Gasteiger partial charge in [-0.3, -0.25) is 14.7 Å². The molecular formula is C27H28N6O. The topological polar surface area (TPSA) is 58.6 Å². The van der Waals surface area contributed by atoms with Crippen molar-refractivity contribution >= 4 is 33.4 Å². The number of benzene rings is 1. The van der Waals surface area contributed by atoms with Crippen LogP contribution in [-0.2, 0) is 7.05 Å². The molecule has 4 heterocycles. The zero-order valence-corrected chi connectivity index (χ0v) is 19.9. The average molecular weight is 453 g/mol. The molecule has 7 heteroatoms. The maximum absolute atomic E-state index is 12.8. The number of hydrogen-bond donors (Lipinski definition) is 0. The van der Waals surface area contributed by atoms with Gasteiger partial charge in [0.15, 0.2) is 0 Å². The highest BCUT2D eigenvalue weighted by atomic mass is 16.1. The Balaban J connectivity index is 1.51. The minimum Gasteiger partial charge on any atom is -0.362 e. The van der Waals surface area contributed by atoms with E-state index in [1.54, 1.807) is 23.7 Å². The summed E-state index contributed by atoms with van der Waals surface area (Å²) in [5, 5.41) is 1.19. The van der Waals surface area contributed by atoms with Gasteiger partial charge in [0.25, 0.3) is 11.4 Å². The van der Waals surface area contributed by atoms with Gasteiger partial charge >= 0.3 is 0 Å². The molecule has 172 valence electrons. The van der Waals surface area contributed by atoms with E-state index in [2.05, 4.69) is 69.6 Å². The number of pyridine rings is 3. The van der Waals surface area contributed by atoms with Gasteiger partial charge < -0.3 is 14.3 Å². The molecule has 0 amide bonds. The molecule has 4 aromatic rings. The third-order valence-corrected chi connectivity index (χ3v) is 7.14. The molecule has 1 unspecified atom stereocenters. The van der Waals surface area contributed by atoms with Gasteiger partial charge in [0.05, 0.1) is 16.7 Å². The van der Waals surface area contributed by atoms with E-state index in [9.17, 15) is 4.79 Å². The Morgan fingerprint density at radius 2 is 1.91 bits per heavy atom. The fourth-order valence-electron chi connectivity index (χ4n) is 5.28. The number of nitrogens with zero attached hydrogens (tertiary/aromatic N) is 6. The molecule has 1 aromatic carbocycles. The summed E-state index contributed by atoms with van der Waals surface area (Å²) in [7, 11) is 1.75. The second-order valence-electron chi connectivity index (χ2n) is 9.22. The van der Waals surface area contributed by atoms with Crippen molar-refractivity contribution in [3.63, 3.8) is 0 Å². The Morgan fingerprint density at radius 3 is 2.71 bits per heavy atom. The van der Waals surface area contributed by atoms with Crippen molar-refractivity contribution in [2.45, 2.75) is 38.9 Å². The Bertz CT molecular complexity index is 1480. The summed E-state index contributed by atoms with van der Waals surface area (Å²) in [6, 6.07) is 16.3. The minimum atomic E-state index is -0.0706. The molecule has 7 nitrogen and oxygen atoms in total. The van der Waals surface area contributed by atoms with Crippen LogP contribution >= 0.6 is 0 Å². The van der Waals surface area contributed by atoms with Crippen LogP contribution in [0.2, 0.25) is 0 Å². The minimum absolute atomic E-state index is 0.0706. The largest absolute Gasteiger partial charge is 0.362 e. The number of aromatic nitrogens is 3. The van der Waals surface area contributed by atoms with Crippen LogP contribution in [0.15, 0.2) is 59.5 Å². The van der Waals surface area contributed by atoms with Gasteiger partial charge in [0, 0.05) is 55.9 Å². The van der Waals surface area contributed by atoms with E-state index < -0.39 is 0 Å². The predicted octanol–water partition coefficient (Wildman–Crippen LogP) is 4.69. The molecule has 0 saturated carbocycles. The summed E-state index contributed by atoms with van der Waals surface area (Å²) in [5.41, 5.74) is 4.48. The number of rotatable bonds is 3. The normalized spacial score (nSPS) is 19.9. The van der Waals surface area contributed by atoms with Gasteiger partial charge in [0.2, 0.25) is 5.52 Å². The van der Waals surface area contributed by atoms with E-state index >= 15 is 0 Å². The number of fused-ring (bicyclic) bond motifs is 2. The summed E-state index contributed by atoms with van der Waals surface area (Å²) >= 11 is 0. The lowest BCUT2D eigenvalue weighted by Crippen LogP contribution is -2.57. The molecule has 5 rings (SSSR count). The zero-order chi connectivity index (χ0) is 24.0. The summed E-state index contributed by atoms with van der Waals surface area (Å²) in [5.74, 6) is 0.338. The monoisotopic (exact) mass is 452 g/mol. The molecule has 34 heavy (non-hydrogen) atoms. The van der Waals surface area contributed by atoms with E-state index in [0.717, 1.165) is 29.8 Å². The zero-order valence-electron chi connectivity index (χ0n) is 19.9. The number of anilines is 1. The summed E-state index contributed by atoms with van der Waals surface area (Å²) in [6.07, 6.45) is 1.84. The highest BCUT2D eigenvalue weighted by molar-refractivity contribution is 5.90. The molecule has 1 aliphatic heterocycles. The second kappa shape index (κ2) is 8.54. The van der Waals surface area contributed by atoms with Gasteiger partial charge in [0.1, 0.15) is 0 Å². The Kier molecular flexibility index (Phi) is 5.54. The molecule has 1 aliphatic rings. The van der Waals surface area contributed by atoms with E-state index in [1.807, 2.05) is 18.3 Å². The first kappa shape index (κ1) is 22.1. The quantitative estimate of drug-likeness (QED) is 0.422. The van der Waals surface area contributed by atoms with Crippen LogP contribution in [0.1, 0.15) is 32.4 Å². The second-order valence-corrected chi connectivity index (χ2v) is 9.22. The first-order valence-corrected chi connectivity index (χ1v) is 11.6. The number of aryl methyl sites for hydroxylation is 1. The third kappa shape index (κ3) is 3.61. The predicted molar refractivity (Wildman–Crippen MR) is 136 cm³/mol. The molecule has 3 atom stereocenters. The molecule has 0 aliphatic carbocycles. The molecule has 0 bridgehead atoms. The lowest BCUT2D eigenvalue weighted by Gasteiger charge is -2.47. The van der Waals surface area contributed by atoms with E-state index in [1.165, 1.54) is 10.9 Å². The third-order valence-electron chi connectivity index (χ3n) is 7.14. The lowest BCUT2D eigenvalue weighted by atomic mass is 9.97. The van der Waals surface area contributed by atoms with E-state index in [-0.39, 0.29) is 23.7 Å². The van der Waals surface area contributed by atoms with Crippen LogP contribution < -0.4 is 10.5 Å². The summed E-state index contributed by atoms with van der Waals surface area (Å²) in [6.45, 7) is 15.7. The molecule has 3 aromatic heterocycles. The Hall–Kier alpha value is -3.76. The van der Waals surface area contributed by atoms with Crippen LogP contribution in [0.3, 0.4) is 0 Å². The van der Waals surface area contributed by atoms with Crippen LogP contribution in [0.4, 0.5) is 11.5 Å². The van der Waals surface area contributed by atoms with Gasteiger partial charge in [-0.2, -0.15) is 0 Å². The SMILES string of the molecule is [C-]#[N+]c1ccc2c(n1)c(N1C[C@@H](C)N(C(C)c3cccc4ncccc34)C[C@@H]1C)cc(=O)n2C. The van der Waals surface area contributed by atoms with Crippen molar-refractivity contribution in [3.05, 3.63) is 82.1 Å². The molecule has 0 radical (unpaired) electrons. The maximum Gasteiger partial charge on any atom is 0.270 e. The van der Waals surface area contributed by atoms with Crippen molar-refractivity contribution in [1.29, 1.82) is 0 Å². The molecule has 1 fully saturated rings. The van der Waals surface area contributed by atoms with E-state index in [0.29, 0.717) is 11.3 Å². The van der Waals surface area contributed by atoms with Crippen LogP contribution in [0.25, 0.3) is 26.8 Å². The lowest BCUT2D eigenvalue weighted by molar-refractivity contribution is 0.120. The first-order valence-electron chi connectivity index (χ1n) is 11.6. The van der Waals surface area contributed by atoms with Gasteiger partial charge in [-0.15, -0.1) is 4.98 Å². The fraction of sp³-hybridized carbons (Fsp3) is 0.333. The smallest absolute Gasteiger partial charge is 0.270 e. The summed E-state index contributed by atoms with van der Waals surface area (Å²) < 4.78 is 1.60. The summed E-state index contributed by atoms with van der Waals surface area (Å²) in [4.78, 5) is 30.2. The fourth-order valence-corrected chi connectivity index (χ4v) is 5.28. The van der Waals surface area contributed by atoms with Crippen molar-refractivity contribution in [2.24, 2.45) is 7.05 Å². The molecular weight excluding hydrogens is 424 g/mol. The average Bonchev–Trinajstić information content (AvgIpc) is 2.86. The van der Waals surface area contributed by atoms with Crippen LogP contribution in [-0.4, -0.2) is 44.6 Å². The Labute approximate surface area is 199 Å². The van der Waals surface area contributed by atoms with Crippen LogP contribution in [0.5, 0.6) is 0 Å². The van der Waals surface area contributed by atoms with Crippen molar-refractivity contribution in [1.82, 2.24) is 19.4 Å². The van der Waals surface area contributed by atoms with Crippen LogP contribution in [0, 0.1) is 6.57 Å². The highest BCUT2D eigenvalue weighted by Crippen LogP contribution is 2.34. The van der Waals surface area contributed by atoms with Crippen molar-refractivity contribution < 1.29 is 0 Å². The first-order chi connectivity index (χ1) is 16.4. The van der Waals surface area contributed by atoms with E-state index in [4.69, 9.17) is 6.57 Å². The standard InChI is InChI=1S/C27H28N6O/c1-17-16-33(24-14-26(34)31(5)23-11-12-25(28-4)30-27(23)24)18(2)15-32(17)19(3)20-8-6-10-22-21(20)9-7-13-29-22/h6-14,17-19H,15-16H2,1-3,5H3/t17-,18+,19?/m1/s1. The molecule has 1 saturated heterocycles. The molecule has 0 N–H and O–H groups in total. The number of hydrogen-bond acceptors (Lipinski definition) is 5. The van der Waals surface area contributed by atoms with Crippen molar-refractivity contribution in [2.75, 3.05) is 18.0 Å². The molecule has 0 spiro atoms.